The van der Waals surface area contributed by atoms with Crippen molar-refractivity contribution in [2.45, 2.75) is 25.9 Å². The van der Waals surface area contributed by atoms with Gasteiger partial charge in [-0.15, -0.1) is 12.4 Å². The number of nitrogens with two attached hydrogens (primary N) is 1. The lowest BCUT2D eigenvalue weighted by Crippen LogP contribution is -2.39. The maximum Gasteiger partial charge on any atom is 0.332 e. The van der Waals surface area contributed by atoms with E-state index in [1.54, 1.807) is 23.9 Å². The van der Waals surface area contributed by atoms with Crippen LogP contribution < -0.4 is 17.0 Å². The third-order valence-electron chi connectivity index (χ3n) is 4.98. The molecule has 0 saturated carbocycles. The summed E-state index contributed by atoms with van der Waals surface area (Å²) in [7, 11) is 3.06. The van der Waals surface area contributed by atoms with E-state index in [2.05, 4.69) is 0 Å². The molecule has 0 bridgehead atoms. The van der Waals surface area contributed by atoms with Crippen LogP contribution in [0.4, 0.5) is 0 Å². The molecule has 1 saturated heterocycles. The average molecular weight is 370 g/mol. The van der Waals surface area contributed by atoms with Gasteiger partial charge in [-0.1, -0.05) is 0 Å². The van der Waals surface area contributed by atoms with Crippen LogP contribution in [0.3, 0.4) is 0 Å². The summed E-state index contributed by atoms with van der Waals surface area (Å²) in [4.78, 5) is 38.9. The standard InChI is InChI=1S/C16H23N5O3.ClH/c1-10-6-11(7-17)8-21(10)13(22)9-20-5-4-12-14(20)18(2)16(24)19(3)15(12)23;/h4-5,10-11H,6-9,17H2,1-3H3;1H. The van der Waals surface area contributed by atoms with Gasteiger partial charge in [0, 0.05) is 32.9 Å². The number of aryl methyl sites for hydroxylation is 1. The first-order valence-electron chi connectivity index (χ1n) is 8.09. The maximum absolute atomic E-state index is 12.7. The third-order valence-corrected chi connectivity index (χ3v) is 4.98. The van der Waals surface area contributed by atoms with Gasteiger partial charge >= 0.3 is 5.69 Å². The molecule has 25 heavy (non-hydrogen) atoms. The van der Waals surface area contributed by atoms with Crippen molar-refractivity contribution in [3.05, 3.63) is 33.1 Å². The molecule has 1 fully saturated rings. The number of hydrogen-bond donors (Lipinski definition) is 1. The number of amides is 1. The quantitative estimate of drug-likeness (QED) is 0.800. The summed E-state index contributed by atoms with van der Waals surface area (Å²) in [5, 5.41) is 0.432. The Morgan fingerprint density at radius 1 is 1.28 bits per heavy atom. The highest BCUT2D eigenvalue weighted by atomic mass is 35.5. The Labute approximate surface area is 151 Å². The minimum absolute atomic E-state index is 0. The third kappa shape index (κ3) is 3.11. The molecule has 0 radical (unpaired) electrons. The van der Waals surface area contributed by atoms with Gasteiger partial charge < -0.3 is 15.2 Å². The second-order valence-electron chi connectivity index (χ2n) is 6.62. The maximum atomic E-state index is 12.7. The van der Waals surface area contributed by atoms with Gasteiger partial charge in [0.2, 0.25) is 5.91 Å². The summed E-state index contributed by atoms with van der Waals surface area (Å²) >= 11 is 0. The molecule has 2 N–H and O–H groups in total. The SMILES string of the molecule is CC1CC(CN)CN1C(=O)Cn1ccc2c(=O)n(C)c(=O)n(C)c21.Cl. The molecule has 0 aromatic carbocycles. The second-order valence-corrected chi connectivity index (χ2v) is 6.62. The minimum Gasteiger partial charge on any atom is -0.338 e. The monoisotopic (exact) mass is 369 g/mol. The lowest BCUT2D eigenvalue weighted by atomic mass is 10.1. The van der Waals surface area contributed by atoms with Crippen molar-refractivity contribution in [1.82, 2.24) is 18.6 Å². The van der Waals surface area contributed by atoms with E-state index >= 15 is 0 Å². The Hall–Kier alpha value is -2.06. The van der Waals surface area contributed by atoms with Gasteiger partial charge in [-0.2, -0.15) is 0 Å². The van der Waals surface area contributed by atoms with Crippen LogP contribution in [0.5, 0.6) is 0 Å². The van der Waals surface area contributed by atoms with Crippen LogP contribution in [0, 0.1) is 5.92 Å². The summed E-state index contributed by atoms with van der Waals surface area (Å²) in [6, 6.07) is 1.81. The highest BCUT2D eigenvalue weighted by Gasteiger charge is 2.31. The second kappa shape index (κ2) is 7.05. The van der Waals surface area contributed by atoms with E-state index in [1.165, 1.54) is 11.6 Å². The van der Waals surface area contributed by atoms with Gasteiger partial charge in [-0.25, -0.2) is 4.79 Å². The number of nitrogens with zero attached hydrogens (tertiary/aromatic N) is 4. The summed E-state index contributed by atoms with van der Waals surface area (Å²) in [6.45, 7) is 3.36. The molecule has 2 aromatic heterocycles. The predicted octanol–water partition coefficient (Wildman–Crippen LogP) is -0.344. The Kier molecular flexibility index (Phi) is 5.43. The van der Waals surface area contributed by atoms with E-state index < -0.39 is 5.69 Å². The first-order chi connectivity index (χ1) is 11.3. The summed E-state index contributed by atoms with van der Waals surface area (Å²) in [5.41, 5.74) is 5.43. The number of halogens is 1. The van der Waals surface area contributed by atoms with E-state index in [1.807, 2.05) is 11.8 Å². The molecular weight excluding hydrogens is 346 g/mol. The zero-order valence-electron chi connectivity index (χ0n) is 14.6. The van der Waals surface area contributed by atoms with Crippen molar-refractivity contribution < 1.29 is 4.79 Å². The Morgan fingerprint density at radius 3 is 2.56 bits per heavy atom. The van der Waals surface area contributed by atoms with Crippen LogP contribution in [-0.2, 0) is 25.4 Å². The van der Waals surface area contributed by atoms with Crippen LogP contribution in [-0.4, -0.2) is 43.6 Å². The zero-order chi connectivity index (χ0) is 17.6. The minimum atomic E-state index is -0.405. The average Bonchev–Trinajstić information content (AvgIpc) is 3.14. The highest BCUT2D eigenvalue weighted by Crippen LogP contribution is 2.22. The van der Waals surface area contributed by atoms with E-state index in [0.29, 0.717) is 30.0 Å². The summed E-state index contributed by atoms with van der Waals surface area (Å²) in [5.74, 6) is 0.311. The van der Waals surface area contributed by atoms with Gasteiger partial charge in [0.15, 0.2) is 0 Å². The van der Waals surface area contributed by atoms with Crippen molar-refractivity contribution in [3.63, 3.8) is 0 Å². The van der Waals surface area contributed by atoms with Crippen LogP contribution >= 0.6 is 12.4 Å². The molecule has 2 aromatic rings. The Bertz CT molecular complexity index is 913. The fourth-order valence-corrected chi connectivity index (χ4v) is 3.61. The van der Waals surface area contributed by atoms with Crippen LogP contribution in [0.1, 0.15) is 13.3 Å². The van der Waals surface area contributed by atoms with E-state index in [4.69, 9.17) is 5.73 Å². The number of aromatic nitrogens is 3. The summed E-state index contributed by atoms with van der Waals surface area (Å²) in [6.07, 6.45) is 2.60. The number of fused-ring (bicyclic) bond motifs is 1. The van der Waals surface area contributed by atoms with Crippen LogP contribution in [0.25, 0.3) is 11.0 Å². The van der Waals surface area contributed by atoms with Crippen molar-refractivity contribution in [2.24, 2.45) is 25.7 Å². The number of carbonyl (C=O) groups is 1. The molecule has 0 spiro atoms. The van der Waals surface area contributed by atoms with Crippen molar-refractivity contribution in [2.75, 3.05) is 13.1 Å². The lowest BCUT2D eigenvalue weighted by Gasteiger charge is -2.22. The van der Waals surface area contributed by atoms with Gasteiger partial charge in [-0.3, -0.25) is 18.7 Å². The summed E-state index contributed by atoms with van der Waals surface area (Å²) < 4.78 is 4.14. The topological polar surface area (TPSA) is 95.3 Å². The Morgan fingerprint density at radius 2 is 1.96 bits per heavy atom. The molecule has 2 atom stereocenters. The number of rotatable bonds is 3. The number of likely N-dealkylation sites (tertiary alicyclic amines) is 1. The number of hydrogen-bond acceptors (Lipinski definition) is 4. The molecule has 0 aliphatic carbocycles. The molecule has 9 heteroatoms. The predicted molar refractivity (Wildman–Crippen MR) is 98.0 cm³/mol. The molecule has 8 nitrogen and oxygen atoms in total. The normalized spacial score (nSPS) is 20.1. The largest absolute Gasteiger partial charge is 0.338 e. The molecule has 138 valence electrons. The molecule has 3 rings (SSSR count). The van der Waals surface area contributed by atoms with Gasteiger partial charge in [-0.05, 0) is 31.9 Å². The Balaban J connectivity index is 0.00000225. The lowest BCUT2D eigenvalue weighted by molar-refractivity contribution is -0.132. The fourth-order valence-electron chi connectivity index (χ4n) is 3.61. The molecule has 1 aliphatic heterocycles. The molecule has 1 amide bonds. The van der Waals surface area contributed by atoms with Gasteiger partial charge in [0.05, 0.1) is 5.39 Å². The van der Waals surface area contributed by atoms with Crippen molar-refractivity contribution in [3.8, 4) is 0 Å². The molecule has 1 aliphatic rings. The van der Waals surface area contributed by atoms with E-state index in [0.717, 1.165) is 11.0 Å². The molecule has 3 heterocycles. The van der Waals surface area contributed by atoms with Crippen molar-refractivity contribution >= 4 is 29.3 Å². The first kappa shape index (κ1) is 19.3. The van der Waals surface area contributed by atoms with E-state index in [9.17, 15) is 14.4 Å². The van der Waals surface area contributed by atoms with E-state index in [-0.39, 0.29) is 36.5 Å². The highest BCUT2D eigenvalue weighted by molar-refractivity contribution is 5.85. The first-order valence-corrected chi connectivity index (χ1v) is 8.09. The number of carbonyl (C=O) groups excluding carboxylic acids is 1. The zero-order valence-corrected chi connectivity index (χ0v) is 15.5. The molecular formula is C16H24ClN5O3. The van der Waals surface area contributed by atoms with Crippen molar-refractivity contribution in [1.29, 1.82) is 0 Å². The smallest absolute Gasteiger partial charge is 0.332 e. The molecule has 2 unspecified atom stereocenters. The fraction of sp³-hybridized carbons (Fsp3) is 0.562. The van der Waals surface area contributed by atoms with Gasteiger partial charge in [0.25, 0.3) is 5.56 Å². The van der Waals surface area contributed by atoms with Crippen LogP contribution in [0.15, 0.2) is 21.9 Å². The van der Waals surface area contributed by atoms with Gasteiger partial charge in [0.1, 0.15) is 12.2 Å². The van der Waals surface area contributed by atoms with Crippen LogP contribution in [0.2, 0.25) is 0 Å².